The first-order chi connectivity index (χ1) is 12.6. The lowest BCUT2D eigenvalue weighted by Crippen LogP contribution is -2.48. The minimum absolute atomic E-state index is 0. The van der Waals surface area contributed by atoms with Gasteiger partial charge in [0.2, 0.25) is 5.91 Å². The third-order valence-corrected chi connectivity index (χ3v) is 3.79. The van der Waals surface area contributed by atoms with Gasteiger partial charge < -0.3 is 15.5 Å². The molecule has 0 aliphatic carbocycles. The Morgan fingerprint density at radius 1 is 1.21 bits per heavy atom. The quantitative estimate of drug-likeness (QED) is 0.141. The molecular weight excluding hydrogens is 473 g/mol. The predicted octanol–water partition coefficient (Wildman–Crippen LogP) is 2.96. The van der Waals surface area contributed by atoms with E-state index < -0.39 is 4.92 Å². The predicted molar refractivity (Wildman–Crippen MR) is 123 cm³/mol. The van der Waals surface area contributed by atoms with Crippen molar-refractivity contribution in [3.63, 3.8) is 0 Å². The average Bonchev–Trinajstić information content (AvgIpc) is 2.56. The number of rotatable bonds is 8. The second kappa shape index (κ2) is 12.5. The van der Waals surface area contributed by atoms with Crippen molar-refractivity contribution in [1.29, 1.82) is 0 Å². The maximum absolute atomic E-state index is 12.0. The average molecular weight is 505 g/mol. The van der Waals surface area contributed by atoms with Gasteiger partial charge in [0.25, 0.3) is 5.69 Å². The number of carbonyl (C=O) groups excluding carboxylic acids is 1. The fourth-order valence-electron chi connectivity index (χ4n) is 2.57. The van der Waals surface area contributed by atoms with E-state index in [-0.39, 0.29) is 47.7 Å². The molecule has 0 aliphatic rings. The summed E-state index contributed by atoms with van der Waals surface area (Å²) in [7, 11) is 3.52. The molecule has 8 nitrogen and oxygen atoms in total. The Labute approximate surface area is 184 Å². The van der Waals surface area contributed by atoms with Crippen molar-refractivity contribution in [2.45, 2.75) is 45.6 Å². The summed E-state index contributed by atoms with van der Waals surface area (Å²) in [6.45, 7) is 6.82. The highest BCUT2D eigenvalue weighted by Gasteiger charge is 2.16. The molecule has 1 amide bonds. The maximum Gasteiger partial charge on any atom is 0.269 e. The third-order valence-electron chi connectivity index (χ3n) is 3.79. The number of unbranched alkanes of at least 4 members (excludes halogenated alkanes) is 1. The van der Waals surface area contributed by atoms with E-state index in [0.29, 0.717) is 5.96 Å². The number of nitrogens with zero attached hydrogens (tertiary/aromatic N) is 3. The van der Waals surface area contributed by atoms with E-state index in [1.807, 2.05) is 27.8 Å². The van der Waals surface area contributed by atoms with Crippen LogP contribution in [0.1, 0.15) is 39.2 Å². The van der Waals surface area contributed by atoms with E-state index in [2.05, 4.69) is 15.6 Å². The van der Waals surface area contributed by atoms with E-state index in [4.69, 9.17) is 0 Å². The zero-order chi connectivity index (χ0) is 20.4. The van der Waals surface area contributed by atoms with Gasteiger partial charge in [0.05, 0.1) is 11.5 Å². The van der Waals surface area contributed by atoms with Gasteiger partial charge in [-0.3, -0.25) is 19.9 Å². The summed E-state index contributed by atoms with van der Waals surface area (Å²) < 4.78 is 0. The second-order valence-corrected chi connectivity index (χ2v) is 7.51. The van der Waals surface area contributed by atoms with Crippen molar-refractivity contribution in [2.24, 2.45) is 4.99 Å². The highest BCUT2D eigenvalue weighted by atomic mass is 127. The SMILES string of the molecule is CN=C(NCCCCc1ccc([N+](=O)[O-])cc1)N(C)CC(=O)NC(C)(C)C.I. The molecule has 1 aromatic rings. The Morgan fingerprint density at radius 3 is 2.32 bits per heavy atom. The number of nitrogens with one attached hydrogen (secondary N) is 2. The molecule has 28 heavy (non-hydrogen) atoms. The lowest BCUT2D eigenvalue weighted by Gasteiger charge is -2.25. The van der Waals surface area contributed by atoms with Crippen molar-refractivity contribution in [1.82, 2.24) is 15.5 Å². The van der Waals surface area contributed by atoms with Crippen molar-refractivity contribution in [3.05, 3.63) is 39.9 Å². The zero-order valence-electron chi connectivity index (χ0n) is 17.3. The molecule has 0 aliphatic heterocycles. The van der Waals surface area contributed by atoms with Crippen LogP contribution in [0.4, 0.5) is 5.69 Å². The molecule has 1 aromatic carbocycles. The van der Waals surface area contributed by atoms with Gasteiger partial charge in [-0.15, -0.1) is 24.0 Å². The molecule has 158 valence electrons. The molecule has 1 rings (SSSR count). The van der Waals surface area contributed by atoms with Crippen LogP contribution in [0.3, 0.4) is 0 Å². The molecule has 0 saturated carbocycles. The molecule has 0 unspecified atom stereocenters. The Kier molecular flexibility index (Phi) is 11.7. The van der Waals surface area contributed by atoms with E-state index in [1.165, 1.54) is 12.1 Å². The van der Waals surface area contributed by atoms with Crippen LogP contribution >= 0.6 is 24.0 Å². The number of nitro benzene ring substituents is 1. The number of hydrogen-bond acceptors (Lipinski definition) is 4. The van der Waals surface area contributed by atoms with E-state index in [0.717, 1.165) is 31.4 Å². The number of nitro groups is 1. The van der Waals surface area contributed by atoms with Crippen LogP contribution in [0.15, 0.2) is 29.3 Å². The number of likely N-dealkylation sites (N-methyl/N-ethyl adjacent to an activating group) is 1. The Balaban J connectivity index is 0.00000729. The molecule has 0 fully saturated rings. The maximum atomic E-state index is 12.0. The Bertz CT molecular complexity index is 657. The summed E-state index contributed by atoms with van der Waals surface area (Å²) in [5.74, 6) is 0.625. The summed E-state index contributed by atoms with van der Waals surface area (Å²) in [6, 6.07) is 6.66. The first-order valence-electron chi connectivity index (χ1n) is 9.08. The van der Waals surface area contributed by atoms with Crippen molar-refractivity contribution >= 4 is 41.5 Å². The molecule has 0 saturated heterocycles. The van der Waals surface area contributed by atoms with E-state index in [1.54, 1.807) is 24.1 Å². The standard InChI is InChI=1S/C19H31N5O3.HI/c1-19(2,3)22-17(25)14-23(5)18(20-4)21-13-7-6-8-15-9-11-16(12-10-15)24(26)27;/h9-12H,6-8,13-14H2,1-5H3,(H,20,21)(H,22,25);1H. The number of guanidine groups is 1. The molecule has 9 heteroatoms. The second-order valence-electron chi connectivity index (χ2n) is 7.51. The molecule has 0 spiro atoms. The summed E-state index contributed by atoms with van der Waals surface area (Å²) in [5, 5.41) is 16.8. The van der Waals surface area contributed by atoms with Crippen molar-refractivity contribution in [2.75, 3.05) is 27.2 Å². The summed E-state index contributed by atoms with van der Waals surface area (Å²) in [5.41, 5.74) is 0.941. The first kappa shape index (κ1) is 26.1. The molecule has 0 radical (unpaired) electrons. The fourth-order valence-corrected chi connectivity index (χ4v) is 2.57. The molecule has 0 heterocycles. The smallest absolute Gasteiger partial charge is 0.269 e. The van der Waals surface area contributed by atoms with Crippen LogP contribution in [0.2, 0.25) is 0 Å². The van der Waals surface area contributed by atoms with Crippen LogP contribution in [-0.2, 0) is 11.2 Å². The van der Waals surface area contributed by atoms with Gasteiger partial charge in [-0.1, -0.05) is 12.1 Å². The number of amides is 1. The third kappa shape index (κ3) is 10.4. The molecule has 0 atom stereocenters. The van der Waals surface area contributed by atoms with Crippen LogP contribution in [0.5, 0.6) is 0 Å². The van der Waals surface area contributed by atoms with Crippen LogP contribution < -0.4 is 10.6 Å². The number of non-ortho nitro benzene ring substituents is 1. The summed E-state index contributed by atoms with van der Waals surface area (Å²) in [4.78, 5) is 28.3. The van der Waals surface area contributed by atoms with E-state index in [9.17, 15) is 14.9 Å². The monoisotopic (exact) mass is 505 g/mol. The van der Waals surface area contributed by atoms with Gasteiger partial charge in [-0.25, -0.2) is 0 Å². The number of aliphatic imine (C=N–C) groups is 1. The minimum Gasteiger partial charge on any atom is -0.356 e. The number of benzene rings is 1. The number of halogens is 1. The highest BCUT2D eigenvalue weighted by molar-refractivity contribution is 14.0. The van der Waals surface area contributed by atoms with Crippen LogP contribution in [0.25, 0.3) is 0 Å². The largest absolute Gasteiger partial charge is 0.356 e. The van der Waals surface area contributed by atoms with Crippen molar-refractivity contribution in [3.8, 4) is 0 Å². The summed E-state index contributed by atoms with van der Waals surface area (Å²) >= 11 is 0. The zero-order valence-corrected chi connectivity index (χ0v) is 19.6. The first-order valence-corrected chi connectivity index (χ1v) is 9.08. The molecule has 2 N–H and O–H groups in total. The van der Waals surface area contributed by atoms with Gasteiger partial charge in [0.1, 0.15) is 0 Å². The number of carbonyl (C=O) groups is 1. The van der Waals surface area contributed by atoms with E-state index >= 15 is 0 Å². The van der Waals surface area contributed by atoms with Crippen molar-refractivity contribution < 1.29 is 9.72 Å². The Hall–Kier alpha value is -1.91. The van der Waals surface area contributed by atoms with Crippen LogP contribution in [-0.4, -0.2) is 54.4 Å². The van der Waals surface area contributed by atoms with Gasteiger partial charge >= 0.3 is 0 Å². The Morgan fingerprint density at radius 2 is 1.82 bits per heavy atom. The van der Waals surface area contributed by atoms with Gasteiger partial charge in [-0.05, 0) is 45.6 Å². The van der Waals surface area contributed by atoms with Gasteiger partial charge in [0.15, 0.2) is 5.96 Å². The minimum atomic E-state index is -0.391. The molecule has 0 aromatic heterocycles. The van der Waals surface area contributed by atoms with Gasteiger partial charge in [0, 0.05) is 38.3 Å². The normalized spacial score (nSPS) is 11.4. The number of aryl methyl sites for hydroxylation is 1. The topological polar surface area (TPSA) is 99.9 Å². The molecular formula is C19H32IN5O3. The van der Waals surface area contributed by atoms with Crippen LogP contribution in [0, 0.1) is 10.1 Å². The van der Waals surface area contributed by atoms with Gasteiger partial charge in [-0.2, -0.15) is 0 Å². The highest BCUT2D eigenvalue weighted by Crippen LogP contribution is 2.13. The fraction of sp³-hybridized carbons (Fsp3) is 0.579. The number of hydrogen-bond donors (Lipinski definition) is 2. The lowest BCUT2D eigenvalue weighted by atomic mass is 10.1. The molecule has 0 bridgehead atoms. The summed E-state index contributed by atoms with van der Waals surface area (Å²) in [6.07, 6.45) is 2.75. The lowest BCUT2D eigenvalue weighted by molar-refractivity contribution is -0.384.